The summed E-state index contributed by atoms with van der Waals surface area (Å²) >= 11 is 0. The van der Waals surface area contributed by atoms with Crippen molar-refractivity contribution >= 4 is 0 Å². The average molecular weight is 167 g/mol. The second kappa shape index (κ2) is 3.51. The van der Waals surface area contributed by atoms with E-state index in [9.17, 15) is 0 Å². The van der Waals surface area contributed by atoms with Crippen molar-refractivity contribution in [3.05, 3.63) is 12.8 Å². The van der Waals surface area contributed by atoms with Crippen molar-refractivity contribution in [2.45, 2.75) is 33.6 Å². The first kappa shape index (κ1) is 9.63. The largest absolute Gasteiger partial charge is 0.377 e. The Labute approximate surface area is 76.5 Å². The highest BCUT2D eigenvalue weighted by atomic mass is 15.1. The third-order valence-electron chi connectivity index (χ3n) is 3.60. The predicted octanol–water partition coefficient (Wildman–Crippen LogP) is 2.89. The van der Waals surface area contributed by atoms with Crippen LogP contribution in [-0.4, -0.2) is 18.0 Å². The average Bonchev–Trinajstić information content (AvgIpc) is 2.48. The maximum absolute atomic E-state index is 3.83. The summed E-state index contributed by atoms with van der Waals surface area (Å²) in [5, 5.41) is 0. The van der Waals surface area contributed by atoms with E-state index >= 15 is 0 Å². The molecule has 1 aliphatic rings. The molecule has 0 bridgehead atoms. The van der Waals surface area contributed by atoms with Crippen LogP contribution in [-0.2, 0) is 0 Å². The van der Waals surface area contributed by atoms with Gasteiger partial charge in [0.15, 0.2) is 0 Å². The van der Waals surface area contributed by atoms with E-state index in [2.05, 4.69) is 32.3 Å². The van der Waals surface area contributed by atoms with Crippen molar-refractivity contribution < 1.29 is 0 Å². The van der Waals surface area contributed by atoms with E-state index in [1.54, 1.807) is 0 Å². The Hall–Kier alpha value is -0.460. The molecule has 0 spiro atoms. The number of likely N-dealkylation sites (tertiary alicyclic amines) is 1. The molecule has 0 aromatic rings. The molecular weight excluding hydrogens is 146 g/mol. The van der Waals surface area contributed by atoms with Crippen molar-refractivity contribution in [3.63, 3.8) is 0 Å². The molecule has 1 heteroatoms. The lowest BCUT2D eigenvalue weighted by atomic mass is 9.74. The van der Waals surface area contributed by atoms with Gasteiger partial charge in [-0.2, -0.15) is 0 Å². The van der Waals surface area contributed by atoms with Crippen molar-refractivity contribution in [3.8, 4) is 0 Å². The molecule has 1 aliphatic heterocycles. The molecule has 0 aromatic carbocycles. The molecule has 1 fully saturated rings. The van der Waals surface area contributed by atoms with Gasteiger partial charge in [0.2, 0.25) is 0 Å². The first-order valence-corrected chi connectivity index (χ1v) is 5.01. The highest BCUT2D eigenvalue weighted by molar-refractivity contribution is 4.93. The minimum Gasteiger partial charge on any atom is -0.377 e. The smallest absolute Gasteiger partial charge is 0.0231 e. The third kappa shape index (κ3) is 1.50. The first-order chi connectivity index (χ1) is 5.64. The van der Waals surface area contributed by atoms with Crippen molar-refractivity contribution in [1.82, 2.24) is 4.90 Å². The van der Waals surface area contributed by atoms with E-state index in [0.29, 0.717) is 5.41 Å². The van der Waals surface area contributed by atoms with Gasteiger partial charge in [-0.05, 0) is 30.4 Å². The Bertz CT molecular complexity index is 162. The molecular formula is C11H21N. The summed E-state index contributed by atoms with van der Waals surface area (Å²) in [5.41, 5.74) is 0.564. The zero-order valence-corrected chi connectivity index (χ0v) is 8.64. The van der Waals surface area contributed by atoms with Gasteiger partial charge in [-0.15, -0.1) is 0 Å². The van der Waals surface area contributed by atoms with E-state index in [1.165, 1.54) is 25.9 Å². The van der Waals surface area contributed by atoms with Crippen molar-refractivity contribution in [1.29, 1.82) is 0 Å². The van der Waals surface area contributed by atoms with E-state index in [4.69, 9.17) is 0 Å². The zero-order chi connectivity index (χ0) is 9.19. The Balaban J connectivity index is 2.65. The van der Waals surface area contributed by atoms with E-state index in [-0.39, 0.29) is 0 Å². The molecule has 0 N–H and O–H groups in total. The molecule has 1 saturated heterocycles. The van der Waals surface area contributed by atoms with E-state index in [1.807, 2.05) is 6.20 Å². The Morgan fingerprint density at radius 2 is 2.25 bits per heavy atom. The van der Waals surface area contributed by atoms with Gasteiger partial charge in [-0.1, -0.05) is 27.4 Å². The molecule has 1 unspecified atom stereocenters. The summed E-state index contributed by atoms with van der Waals surface area (Å²) < 4.78 is 0. The van der Waals surface area contributed by atoms with Gasteiger partial charge in [0.25, 0.3) is 0 Å². The monoisotopic (exact) mass is 167 g/mol. The van der Waals surface area contributed by atoms with Crippen LogP contribution < -0.4 is 0 Å². The fourth-order valence-electron chi connectivity index (χ4n) is 2.25. The summed E-state index contributed by atoms with van der Waals surface area (Å²) in [6.45, 7) is 13.2. The molecule has 0 aromatic heterocycles. The molecule has 1 atom stereocenters. The lowest BCUT2D eigenvalue weighted by Crippen LogP contribution is -2.29. The predicted molar refractivity (Wildman–Crippen MR) is 53.9 cm³/mol. The first-order valence-electron chi connectivity index (χ1n) is 5.01. The normalized spacial score (nSPS) is 29.8. The lowest BCUT2D eigenvalue weighted by Gasteiger charge is -2.32. The minimum absolute atomic E-state index is 0.564. The molecule has 70 valence electrons. The van der Waals surface area contributed by atoms with Crippen LogP contribution in [0.5, 0.6) is 0 Å². The third-order valence-corrected chi connectivity index (χ3v) is 3.60. The number of rotatable bonds is 3. The van der Waals surface area contributed by atoms with E-state index < -0.39 is 0 Å². The number of nitrogens with zero attached hydrogens (tertiary/aromatic N) is 1. The number of hydrogen-bond acceptors (Lipinski definition) is 1. The van der Waals surface area contributed by atoms with Crippen LogP contribution >= 0.6 is 0 Å². The molecule has 12 heavy (non-hydrogen) atoms. The van der Waals surface area contributed by atoms with Crippen LogP contribution in [0.25, 0.3) is 0 Å². The van der Waals surface area contributed by atoms with Crippen LogP contribution in [0.1, 0.15) is 33.6 Å². The lowest BCUT2D eigenvalue weighted by molar-refractivity contribution is 0.192. The zero-order valence-electron chi connectivity index (χ0n) is 8.64. The highest BCUT2D eigenvalue weighted by Gasteiger charge is 2.37. The summed E-state index contributed by atoms with van der Waals surface area (Å²) in [6.07, 6.45) is 4.63. The number of hydrogen-bond donors (Lipinski definition) is 0. The minimum atomic E-state index is 0.564. The molecule has 0 amide bonds. The quantitative estimate of drug-likeness (QED) is 0.624. The van der Waals surface area contributed by atoms with Gasteiger partial charge in [0, 0.05) is 13.1 Å². The summed E-state index contributed by atoms with van der Waals surface area (Å²) in [5.74, 6) is 0.799. The Morgan fingerprint density at radius 3 is 2.50 bits per heavy atom. The second-order valence-corrected chi connectivity index (χ2v) is 4.27. The van der Waals surface area contributed by atoms with Crippen LogP contribution in [0.3, 0.4) is 0 Å². The summed E-state index contributed by atoms with van der Waals surface area (Å²) in [7, 11) is 0. The molecule has 1 rings (SSSR count). The van der Waals surface area contributed by atoms with Crippen LogP contribution in [0.4, 0.5) is 0 Å². The fraction of sp³-hybridized carbons (Fsp3) is 0.818. The maximum Gasteiger partial charge on any atom is 0.0231 e. The topological polar surface area (TPSA) is 3.24 Å². The van der Waals surface area contributed by atoms with Crippen molar-refractivity contribution in [2.75, 3.05) is 13.1 Å². The summed E-state index contributed by atoms with van der Waals surface area (Å²) in [6, 6.07) is 0. The molecule has 0 saturated carbocycles. The molecule has 0 radical (unpaired) electrons. The standard InChI is InChI=1S/C11H21N/c1-5-11(10(3)4)7-8-12(6-2)9-11/h6,10H,2,5,7-9H2,1,3-4H3. The van der Waals surface area contributed by atoms with Crippen LogP contribution in [0, 0.1) is 11.3 Å². The Morgan fingerprint density at radius 1 is 1.58 bits per heavy atom. The van der Waals surface area contributed by atoms with Gasteiger partial charge in [-0.3, -0.25) is 0 Å². The van der Waals surface area contributed by atoms with Gasteiger partial charge < -0.3 is 4.90 Å². The van der Waals surface area contributed by atoms with Gasteiger partial charge in [0.1, 0.15) is 0 Å². The van der Waals surface area contributed by atoms with Gasteiger partial charge in [0.05, 0.1) is 0 Å². The van der Waals surface area contributed by atoms with Gasteiger partial charge >= 0.3 is 0 Å². The summed E-state index contributed by atoms with van der Waals surface area (Å²) in [4.78, 5) is 2.35. The van der Waals surface area contributed by atoms with Crippen LogP contribution in [0.2, 0.25) is 0 Å². The highest BCUT2D eigenvalue weighted by Crippen LogP contribution is 2.40. The fourth-order valence-corrected chi connectivity index (χ4v) is 2.25. The maximum atomic E-state index is 3.83. The van der Waals surface area contributed by atoms with Gasteiger partial charge in [-0.25, -0.2) is 0 Å². The van der Waals surface area contributed by atoms with Crippen LogP contribution in [0.15, 0.2) is 12.8 Å². The molecule has 1 heterocycles. The van der Waals surface area contributed by atoms with Crippen molar-refractivity contribution in [2.24, 2.45) is 11.3 Å². The molecule has 1 nitrogen and oxygen atoms in total. The molecule has 0 aliphatic carbocycles. The Kier molecular flexibility index (Phi) is 2.81. The second-order valence-electron chi connectivity index (χ2n) is 4.27. The van der Waals surface area contributed by atoms with E-state index in [0.717, 1.165) is 5.92 Å². The SMILES string of the molecule is C=CN1CCC(CC)(C(C)C)C1.